The van der Waals surface area contributed by atoms with Crippen molar-refractivity contribution in [1.29, 1.82) is 10.5 Å². The molecule has 0 aliphatic heterocycles. The summed E-state index contributed by atoms with van der Waals surface area (Å²) in [4.78, 5) is 0. The molecular formula is C14H9N3O. The fourth-order valence-electron chi connectivity index (χ4n) is 1.45. The average Bonchev–Trinajstić information content (AvgIpc) is 2.85. The van der Waals surface area contributed by atoms with Crippen molar-refractivity contribution in [1.82, 2.24) is 5.16 Å². The third kappa shape index (κ3) is 2.45. The SMILES string of the molecule is Cc1ccc(-c2cc(C=C(C#N)C#N)no2)cc1. The molecule has 1 aromatic carbocycles. The summed E-state index contributed by atoms with van der Waals surface area (Å²) in [6, 6.07) is 13.1. The minimum Gasteiger partial charge on any atom is -0.356 e. The zero-order chi connectivity index (χ0) is 13.0. The molecule has 1 heterocycles. The van der Waals surface area contributed by atoms with Crippen LogP contribution >= 0.6 is 0 Å². The van der Waals surface area contributed by atoms with E-state index in [0.29, 0.717) is 11.5 Å². The zero-order valence-corrected chi connectivity index (χ0v) is 9.71. The third-order valence-electron chi connectivity index (χ3n) is 2.40. The second-order valence-corrected chi connectivity index (χ2v) is 3.76. The fraction of sp³-hybridized carbons (Fsp3) is 0.0714. The van der Waals surface area contributed by atoms with Crippen LogP contribution in [0.1, 0.15) is 11.3 Å². The van der Waals surface area contributed by atoms with Crippen LogP contribution < -0.4 is 0 Å². The van der Waals surface area contributed by atoms with Gasteiger partial charge in [-0.1, -0.05) is 35.0 Å². The van der Waals surface area contributed by atoms with Gasteiger partial charge in [0.25, 0.3) is 0 Å². The summed E-state index contributed by atoms with van der Waals surface area (Å²) in [6.07, 6.45) is 1.39. The second kappa shape index (κ2) is 4.99. The standard InChI is InChI=1S/C14H9N3O/c1-10-2-4-12(5-3-10)14-7-13(17-18-14)6-11(8-15)9-16/h2-7H,1H3. The van der Waals surface area contributed by atoms with Crippen LogP contribution in [0.25, 0.3) is 17.4 Å². The molecule has 0 saturated carbocycles. The van der Waals surface area contributed by atoms with Gasteiger partial charge in [0.05, 0.1) is 0 Å². The first-order valence-electron chi connectivity index (χ1n) is 5.28. The van der Waals surface area contributed by atoms with Gasteiger partial charge in [-0.2, -0.15) is 10.5 Å². The van der Waals surface area contributed by atoms with E-state index in [-0.39, 0.29) is 5.57 Å². The third-order valence-corrected chi connectivity index (χ3v) is 2.40. The first-order chi connectivity index (χ1) is 8.72. The van der Waals surface area contributed by atoms with Gasteiger partial charge in [-0.05, 0) is 13.0 Å². The largest absolute Gasteiger partial charge is 0.356 e. The molecule has 0 bridgehead atoms. The van der Waals surface area contributed by atoms with E-state index in [9.17, 15) is 0 Å². The van der Waals surface area contributed by atoms with Gasteiger partial charge in [0, 0.05) is 11.6 Å². The molecule has 4 heteroatoms. The van der Waals surface area contributed by atoms with E-state index in [4.69, 9.17) is 15.0 Å². The maximum atomic E-state index is 8.64. The molecule has 0 saturated heterocycles. The van der Waals surface area contributed by atoms with Gasteiger partial charge in [0.2, 0.25) is 0 Å². The molecular weight excluding hydrogens is 226 g/mol. The normalized spacial score (nSPS) is 9.28. The van der Waals surface area contributed by atoms with Gasteiger partial charge < -0.3 is 4.52 Å². The molecule has 1 aromatic heterocycles. The molecule has 0 fully saturated rings. The Labute approximate surface area is 104 Å². The first kappa shape index (κ1) is 11.6. The van der Waals surface area contributed by atoms with E-state index in [1.54, 1.807) is 18.2 Å². The van der Waals surface area contributed by atoms with Crippen LogP contribution in [0, 0.1) is 29.6 Å². The monoisotopic (exact) mass is 235 g/mol. The maximum absolute atomic E-state index is 8.64. The highest BCUT2D eigenvalue weighted by Crippen LogP contribution is 2.21. The number of nitrogens with zero attached hydrogens (tertiary/aromatic N) is 3. The number of rotatable bonds is 2. The molecule has 0 radical (unpaired) electrons. The lowest BCUT2D eigenvalue weighted by molar-refractivity contribution is 0.430. The van der Waals surface area contributed by atoms with E-state index in [2.05, 4.69) is 5.16 Å². The quantitative estimate of drug-likeness (QED) is 0.749. The minimum absolute atomic E-state index is 0.00115. The predicted octanol–water partition coefficient (Wildman–Crippen LogP) is 3.08. The van der Waals surface area contributed by atoms with Crippen LogP contribution in [0.15, 0.2) is 40.4 Å². The van der Waals surface area contributed by atoms with Gasteiger partial charge >= 0.3 is 0 Å². The molecule has 2 rings (SSSR count). The zero-order valence-electron chi connectivity index (χ0n) is 9.71. The summed E-state index contributed by atoms with van der Waals surface area (Å²) in [5.74, 6) is 0.608. The molecule has 0 aliphatic rings. The Morgan fingerprint density at radius 2 is 1.89 bits per heavy atom. The topological polar surface area (TPSA) is 73.6 Å². The van der Waals surface area contributed by atoms with Crippen LogP contribution in [0.2, 0.25) is 0 Å². The summed E-state index contributed by atoms with van der Waals surface area (Å²) < 4.78 is 5.17. The molecule has 0 unspecified atom stereocenters. The number of hydrogen-bond donors (Lipinski definition) is 0. The van der Waals surface area contributed by atoms with Crippen molar-refractivity contribution in [3.8, 4) is 23.5 Å². The summed E-state index contributed by atoms with van der Waals surface area (Å²) in [6.45, 7) is 2.00. The number of aryl methyl sites for hydroxylation is 1. The first-order valence-corrected chi connectivity index (χ1v) is 5.28. The number of nitriles is 2. The smallest absolute Gasteiger partial charge is 0.167 e. The van der Waals surface area contributed by atoms with Gasteiger partial charge in [0.1, 0.15) is 23.4 Å². The molecule has 18 heavy (non-hydrogen) atoms. The summed E-state index contributed by atoms with van der Waals surface area (Å²) in [7, 11) is 0. The highest BCUT2D eigenvalue weighted by molar-refractivity contribution is 5.64. The molecule has 0 atom stereocenters. The molecule has 2 aromatic rings. The van der Waals surface area contributed by atoms with E-state index in [0.717, 1.165) is 11.1 Å². The van der Waals surface area contributed by atoms with E-state index >= 15 is 0 Å². The average molecular weight is 235 g/mol. The molecule has 86 valence electrons. The number of aromatic nitrogens is 1. The fourth-order valence-corrected chi connectivity index (χ4v) is 1.45. The van der Waals surface area contributed by atoms with Crippen molar-refractivity contribution in [2.24, 2.45) is 0 Å². The molecule has 0 N–H and O–H groups in total. The van der Waals surface area contributed by atoms with Crippen LogP contribution in [-0.4, -0.2) is 5.16 Å². The Bertz CT molecular complexity index is 650. The van der Waals surface area contributed by atoms with Gasteiger partial charge in [-0.25, -0.2) is 0 Å². The number of benzene rings is 1. The molecule has 0 amide bonds. The Hall–Kier alpha value is -2.85. The van der Waals surface area contributed by atoms with Crippen LogP contribution in [0.3, 0.4) is 0 Å². The van der Waals surface area contributed by atoms with Crippen molar-refractivity contribution in [3.05, 3.63) is 47.2 Å². The molecule has 4 nitrogen and oxygen atoms in total. The minimum atomic E-state index is -0.00115. The molecule has 0 spiro atoms. The van der Waals surface area contributed by atoms with E-state index in [1.165, 1.54) is 6.08 Å². The Kier molecular flexibility index (Phi) is 3.22. The van der Waals surface area contributed by atoms with Crippen molar-refractivity contribution >= 4 is 6.08 Å². The lowest BCUT2D eigenvalue weighted by Crippen LogP contribution is -1.75. The van der Waals surface area contributed by atoms with Gasteiger partial charge in [0.15, 0.2) is 5.76 Å². The van der Waals surface area contributed by atoms with E-state index in [1.807, 2.05) is 31.2 Å². The van der Waals surface area contributed by atoms with Crippen molar-refractivity contribution in [3.63, 3.8) is 0 Å². The van der Waals surface area contributed by atoms with Crippen LogP contribution in [-0.2, 0) is 0 Å². The van der Waals surface area contributed by atoms with Crippen molar-refractivity contribution in [2.45, 2.75) is 6.92 Å². The van der Waals surface area contributed by atoms with E-state index < -0.39 is 0 Å². The Balaban J connectivity index is 2.32. The Morgan fingerprint density at radius 1 is 1.22 bits per heavy atom. The lowest BCUT2D eigenvalue weighted by Gasteiger charge is -1.95. The van der Waals surface area contributed by atoms with Crippen molar-refractivity contribution < 1.29 is 4.52 Å². The highest BCUT2D eigenvalue weighted by atomic mass is 16.5. The summed E-state index contributed by atoms with van der Waals surface area (Å²) in [5.41, 5.74) is 2.53. The maximum Gasteiger partial charge on any atom is 0.167 e. The highest BCUT2D eigenvalue weighted by Gasteiger charge is 2.05. The van der Waals surface area contributed by atoms with Crippen LogP contribution in [0.4, 0.5) is 0 Å². The van der Waals surface area contributed by atoms with Gasteiger partial charge in [-0.3, -0.25) is 0 Å². The predicted molar refractivity (Wildman–Crippen MR) is 65.9 cm³/mol. The number of hydrogen-bond acceptors (Lipinski definition) is 4. The summed E-state index contributed by atoms with van der Waals surface area (Å²) >= 11 is 0. The van der Waals surface area contributed by atoms with Crippen molar-refractivity contribution in [2.75, 3.05) is 0 Å². The second-order valence-electron chi connectivity index (χ2n) is 3.76. The summed E-state index contributed by atoms with van der Waals surface area (Å²) in [5, 5.41) is 21.1. The lowest BCUT2D eigenvalue weighted by atomic mass is 10.1. The Morgan fingerprint density at radius 3 is 2.50 bits per heavy atom. The number of allylic oxidation sites excluding steroid dienone is 1. The van der Waals surface area contributed by atoms with Crippen LogP contribution in [0.5, 0.6) is 0 Å². The van der Waals surface area contributed by atoms with Gasteiger partial charge in [-0.15, -0.1) is 0 Å². The molecule has 0 aliphatic carbocycles.